The highest BCUT2D eigenvalue weighted by atomic mass is 127. The molecule has 1 aromatic rings. The molecule has 2 saturated heterocycles. The predicted octanol–water partition coefficient (Wildman–Crippen LogP) is 1.02. The van der Waals surface area contributed by atoms with Gasteiger partial charge >= 0.3 is 0 Å². The van der Waals surface area contributed by atoms with Crippen LogP contribution in [0.2, 0.25) is 0 Å². The second kappa shape index (κ2) is 9.43. The molecule has 3 rings (SSSR count). The number of halogens is 1. The van der Waals surface area contributed by atoms with Crippen LogP contribution in [-0.4, -0.2) is 73.9 Å². The molecule has 7 nitrogen and oxygen atoms in total. The summed E-state index contributed by atoms with van der Waals surface area (Å²) in [5.41, 5.74) is 0.894. The summed E-state index contributed by atoms with van der Waals surface area (Å²) in [5.74, 6) is 1.66. The van der Waals surface area contributed by atoms with E-state index < -0.39 is 0 Å². The van der Waals surface area contributed by atoms with E-state index in [9.17, 15) is 0 Å². The van der Waals surface area contributed by atoms with Crippen LogP contribution < -0.4 is 5.32 Å². The van der Waals surface area contributed by atoms with E-state index in [1.807, 2.05) is 13.1 Å². The zero-order valence-electron chi connectivity index (χ0n) is 13.6. The molecule has 0 saturated carbocycles. The lowest BCUT2D eigenvalue weighted by atomic mass is 10.1. The van der Waals surface area contributed by atoms with Gasteiger partial charge in [0.15, 0.2) is 5.96 Å². The number of hydrogen-bond donors (Lipinski definition) is 1. The van der Waals surface area contributed by atoms with Crippen LogP contribution in [0.25, 0.3) is 0 Å². The van der Waals surface area contributed by atoms with Crippen molar-refractivity contribution < 1.29 is 9.26 Å². The average Bonchev–Trinajstić information content (AvgIpc) is 3.21. The van der Waals surface area contributed by atoms with Gasteiger partial charge in [-0.2, -0.15) is 0 Å². The molecule has 23 heavy (non-hydrogen) atoms. The Morgan fingerprint density at radius 2 is 2.22 bits per heavy atom. The van der Waals surface area contributed by atoms with Gasteiger partial charge in [0, 0.05) is 45.8 Å². The van der Waals surface area contributed by atoms with Gasteiger partial charge in [-0.15, -0.1) is 24.0 Å². The number of nitrogens with zero attached hydrogens (tertiary/aromatic N) is 4. The topological polar surface area (TPSA) is 66.1 Å². The van der Waals surface area contributed by atoms with E-state index in [4.69, 9.17) is 9.26 Å². The minimum atomic E-state index is 0. The maximum absolute atomic E-state index is 5.41. The molecule has 130 valence electrons. The maximum Gasteiger partial charge on any atom is 0.193 e. The van der Waals surface area contributed by atoms with Crippen LogP contribution in [0.4, 0.5) is 0 Å². The van der Waals surface area contributed by atoms with Crippen LogP contribution in [-0.2, 0) is 11.3 Å². The molecule has 0 aliphatic carbocycles. The van der Waals surface area contributed by atoms with E-state index in [0.29, 0.717) is 12.5 Å². The Kier molecular flexibility index (Phi) is 7.57. The summed E-state index contributed by atoms with van der Waals surface area (Å²) >= 11 is 0. The molecule has 2 aliphatic rings. The number of guanidine groups is 1. The second-order valence-corrected chi connectivity index (χ2v) is 5.91. The Bertz CT molecular complexity index is 476. The lowest BCUT2D eigenvalue weighted by Crippen LogP contribution is -2.42. The third-order valence-corrected chi connectivity index (χ3v) is 4.34. The molecule has 3 heterocycles. The summed E-state index contributed by atoms with van der Waals surface area (Å²) in [4.78, 5) is 9.25. The Balaban J connectivity index is 0.00000192. The number of morpholine rings is 1. The SMILES string of the molecule is CN=C(NCc1ccon1)N1CCC(CN2CCOCC2)C1.I. The van der Waals surface area contributed by atoms with Crippen molar-refractivity contribution in [1.82, 2.24) is 20.3 Å². The number of aromatic nitrogens is 1. The van der Waals surface area contributed by atoms with Gasteiger partial charge in [-0.25, -0.2) is 0 Å². The van der Waals surface area contributed by atoms with E-state index in [-0.39, 0.29) is 24.0 Å². The van der Waals surface area contributed by atoms with Gasteiger partial charge in [-0.05, 0) is 12.3 Å². The molecular formula is C15H26IN5O2. The zero-order chi connectivity index (χ0) is 15.2. The minimum absolute atomic E-state index is 0. The van der Waals surface area contributed by atoms with E-state index >= 15 is 0 Å². The molecular weight excluding hydrogens is 409 g/mol. The fraction of sp³-hybridized carbons (Fsp3) is 0.733. The summed E-state index contributed by atoms with van der Waals surface area (Å²) in [7, 11) is 1.83. The van der Waals surface area contributed by atoms with Crippen molar-refractivity contribution in [2.75, 3.05) is 53.0 Å². The lowest BCUT2D eigenvalue weighted by molar-refractivity contribution is 0.0315. The minimum Gasteiger partial charge on any atom is -0.379 e. The number of hydrogen-bond acceptors (Lipinski definition) is 5. The van der Waals surface area contributed by atoms with Gasteiger partial charge in [-0.3, -0.25) is 9.89 Å². The molecule has 8 heteroatoms. The average molecular weight is 435 g/mol. The third-order valence-electron chi connectivity index (χ3n) is 4.34. The zero-order valence-corrected chi connectivity index (χ0v) is 15.9. The molecule has 0 spiro atoms. The first-order valence-corrected chi connectivity index (χ1v) is 8.00. The van der Waals surface area contributed by atoms with Crippen molar-refractivity contribution in [1.29, 1.82) is 0 Å². The highest BCUT2D eigenvalue weighted by Crippen LogP contribution is 2.18. The smallest absolute Gasteiger partial charge is 0.193 e. The first-order valence-electron chi connectivity index (χ1n) is 8.00. The van der Waals surface area contributed by atoms with Gasteiger partial charge in [0.05, 0.1) is 19.8 Å². The van der Waals surface area contributed by atoms with Crippen molar-refractivity contribution in [3.63, 3.8) is 0 Å². The largest absolute Gasteiger partial charge is 0.379 e. The highest BCUT2D eigenvalue weighted by Gasteiger charge is 2.27. The molecule has 1 N–H and O–H groups in total. The van der Waals surface area contributed by atoms with Crippen LogP contribution in [0.1, 0.15) is 12.1 Å². The molecule has 0 radical (unpaired) electrons. The predicted molar refractivity (Wildman–Crippen MR) is 99.1 cm³/mol. The number of nitrogens with one attached hydrogen (secondary N) is 1. The molecule has 0 amide bonds. The summed E-state index contributed by atoms with van der Waals surface area (Å²) in [6, 6.07) is 1.87. The molecule has 0 aromatic carbocycles. The van der Waals surface area contributed by atoms with E-state index in [0.717, 1.165) is 51.0 Å². The molecule has 0 bridgehead atoms. The van der Waals surface area contributed by atoms with Crippen LogP contribution in [0.15, 0.2) is 21.8 Å². The Morgan fingerprint density at radius 3 is 2.91 bits per heavy atom. The number of rotatable bonds is 4. The first-order chi connectivity index (χ1) is 10.8. The Hall–Kier alpha value is -0.870. The van der Waals surface area contributed by atoms with E-state index in [1.54, 1.807) is 6.26 Å². The highest BCUT2D eigenvalue weighted by molar-refractivity contribution is 14.0. The van der Waals surface area contributed by atoms with Crippen molar-refractivity contribution >= 4 is 29.9 Å². The summed E-state index contributed by atoms with van der Waals surface area (Å²) in [6.45, 7) is 7.82. The molecule has 2 aliphatic heterocycles. The summed E-state index contributed by atoms with van der Waals surface area (Å²) in [6.07, 6.45) is 2.82. The van der Waals surface area contributed by atoms with Gasteiger partial charge in [-0.1, -0.05) is 5.16 Å². The molecule has 1 unspecified atom stereocenters. The van der Waals surface area contributed by atoms with E-state index in [1.165, 1.54) is 13.0 Å². The molecule has 2 fully saturated rings. The summed E-state index contributed by atoms with van der Waals surface area (Å²) < 4.78 is 10.3. The lowest BCUT2D eigenvalue weighted by Gasteiger charge is -2.29. The number of likely N-dealkylation sites (tertiary alicyclic amines) is 1. The van der Waals surface area contributed by atoms with Crippen LogP contribution in [0.3, 0.4) is 0 Å². The van der Waals surface area contributed by atoms with Crippen LogP contribution in [0, 0.1) is 5.92 Å². The number of ether oxygens (including phenoxy) is 1. The van der Waals surface area contributed by atoms with Gasteiger partial charge in [0.25, 0.3) is 0 Å². The van der Waals surface area contributed by atoms with Gasteiger partial charge in [0.2, 0.25) is 0 Å². The maximum atomic E-state index is 5.41. The van der Waals surface area contributed by atoms with Crippen LogP contribution >= 0.6 is 24.0 Å². The normalized spacial score (nSPS) is 22.9. The quantitative estimate of drug-likeness (QED) is 0.433. The van der Waals surface area contributed by atoms with Gasteiger partial charge in [0.1, 0.15) is 12.0 Å². The molecule has 1 atom stereocenters. The monoisotopic (exact) mass is 435 g/mol. The van der Waals surface area contributed by atoms with E-state index in [2.05, 4.69) is 25.3 Å². The Morgan fingerprint density at radius 1 is 1.39 bits per heavy atom. The van der Waals surface area contributed by atoms with Crippen molar-refractivity contribution in [3.8, 4) is 0 Å². The fourth-order valence-corrected chi connectivity index (χ4v) is 3.15. The fourth-order valence-electron chi connectivity index (χ4n) is 3.15. The first kappa shape index (κ1) is 18.5. The van der Waals surface area contributed by atoms with Crippen molar-refractivity contribution in [2.45, 2.75) is 13.0 Å². The standard InChI is InChI=1S/C15H25N5O2.HI/c1-16-15(17-10-14-3-7-22-18-14)20-4-2-13(12-20)11-19-5-8-21-9-6-19;/h3,7,13H,2,4-6,8-12H2,1H3,(H,16,17);1H. The molecule has 1 aromatic heterocycles. The van der Waals surface area contributed by atoms with Crippen molar-refractivity contribution in [3.05, 3.63) is 18.0 Å². The number of aliphatic imine (C=N–C) groups is 1. The van der Waals surface area contributed by atoms with Gasteiger partial charge < -0.3 is 19.5 Å². The van der Waals surface area contributed by atoms with Crippen LogP contribution in [0.5, 0.6) is 0 Å². The van der Waals surface area contributed by atoms with Crippen molar-refractivity contribution in [2.24, 2.45) is 10.9 Å². The second-order valence-electron chi connectivity index (χ2n) is 5.91. The third kappa shape index (κ3) is 5.32. The summed E-state index contributed by atoms with van der Waals surface area (Å²) in [5, 5.41) is 7.27. The Labute approximate surface area is 154 Å².